The maximum absolute atomic E-state index is 13.3. The summed E-state index contributed by atoms with van der Waals surface area (Å²) in [6, 6.07) is 5.20. The average molecular weight is 397 g/mol. The van der Waals surface area contributed by atoms with Gasteiger partial charge in [0.25, 0.3) is 5.91 Å². The third-order valence-electron chi connectivity index (χ3n) is 4.67. The van der Waals surface area contributed by atoms with Gasteiger partial charge in [-0.2, -0.15) is 18.3 Å². The number of halogens is 3. The van der Waals surface area contributed by atoms with Gasteiger partial charge in [-0.1, -0.05) is 0 Å². The number of alkyl halides is 3. The Bertz CT molecular complexity index is 871. The van der Waals surface area contributed by atoms with Gasteiger partial charge in [0.05, 0.1) is 18.5 Å². The molecule has 1 aliphatic heterocycles. The third kappa shape index (κ3) is 4.01. The highest BCUT2D eigenvalue weighted by atomic mass is 19.4. The highest BCUT2D eigenvalue weighted by Crippen LogP contribution is 2.33. The molecule has 150 valence electrons. The van der Waals surface area contributed by atoms with Gasteiger partial charge in [-0.15, -0.1) is 0 Å². The lowest BCUT2D eigenvalue weighted by Gasteiger charge is -2.19. The Morgan fingerprint density at radius 3 is 2.54 bits per heavy atom. The smallest absolute Gasteiger partial charge is 0.434 e. The zero-order valence-electron chi connectivity index (χ0n) is 14.9. The second-order valence-electron chi connectivity index (χ2n) is 6.55. The van der Waals surface area contributed by atoms with Crippen molar-refractivity contribution in [2.75, 3.05) is 13.2 Å². The lowest BCUT2D eigenvalue weighted by molar-refractivity contribution is -0.143. The average Bonchev–Trinajstić information content (AvgIpc) is 3.31. The minimum atomic E-state index is -4.90. The molecule has 0 bridgehead atoms. The molecule has 1 amide bonds. The van der Waals surface area contributed by atoms with Crippen LogP contribution in [0.1, 0.15) is 39.8 Å². The van der Waals surface area contributed by atoms with E-state index in [4.69, 9.17) is 9.84 Å². The number of ether oxygens (including phenoxy) is 1. The van der Waals surface area contributed by atoms with Crippen molar-refractivity contribution in [2.24, 2.45) is 5.92 Å². The molecule has 0 saturated carbocycles. The molecule has 1 aromatic heterocycles. The van der Waals surface area contributed by atoms with E-state index in [2.05, 4.69) is 10.4 Å². The number of hydrogen-bond acceptors (Lipinski definition) is 4. The number of benzene rings is 1. The van der Waals surface area contributed by atoms with Crippen LogP contribution in [0.5, 0.6) is 0 Å². The Morgan fingerprint density at radius 1 is 1.32 bits per heavy atom. The summed E-state index contributed by atoms with van der Waals surface area (Å²) in [5.74, 6) is -1.86. The van der Waals surface area contributed by atoms with Gasteiger partial charge in [-0.3, -0.25) is 4.79 Å². The summed E-state index contributed by atoms with van der Waals surface area (Å²) in [7, 11) is 0. The summed E-state index contributed by atoms with van der Waals surface area (Å²) in [5.41, 5.74) is -2.06. The van der Waals surface area contributed by atoms with E-state index in [0.29, 0.717) is 24.1 Å². The van der Waals surface area contributed by atoms with Crippen molar-refractivity contribution in [1.82, 2.24) is 15.1 Å². The number of carbonyl (C=O) groups excluding carboxylic acids is 1. The fourth-order valence-electron chi connectivity index (χ4n) is 3.08. The molecule has 10 heteroatoms. The topological polar surface area (TPSA) is 93.5 Å². The van der Waals surface area contributed by atoms with Crippen molar-refractivity contribution in [1.29, 1.82) is 0 Å². The van der Waals surface area contributed by atoms with Crippen LogP contribution >= 0.6 is 0 Å². The molecule has 7 nitrogen and oxygen atoms in total. The van der Waals surface area contributed by atoms with Gasteiger partial charge in [0.1, 0.15) is 5.56 Å². The Labute approximate surface area is 158 Å². The first kappa shape index (κ1) is 19.9. The molecule has 1 aromatic carbocycles. The summed E-state index contributed by atoms with van der Waals surface area (Å²) in [4.78, 5) is 23.4. The first-order chi connectivity index (χ1) is 13.2. The maximum atomic E-state index is 13.3. The molecule has 3 rings (SSSR count). The van der Waals surface area contributed by atoms with Crippen LogP contribution in [0, 0.1) is 5.92 Å². The van der Waals surface area contributed by atoms with E-state index in [1.165, 1.54) is 24.3 Å². The van der Waals surface area contributed by atoms with Crippen molar-refractivity contribution in [3.63, 3.8) is 0 Å². The normalized spacial score (nSPS) is 18.1. The quantitative estimate of drug-likeness (QED) is 0.809. The fraction of sp³-hybridized carbons (Fsp3) is 0.389. The fourth-order valence-corrected chi connectivity index (χ4v) is 3.08. The first-order valence-corrected chi connectivity index (χ1v) is 8.56. The van der Waals surface area contributed by atoms with E-state index in [1.807, 2.05) is 6.92 Å². The highest BCUT2D eigenvalue weighted by molar-refractivity contribution is 5.94. The molecule has 2 N–H and O–H groups in total. The van der Waals surface area contributed by atoms with Gasteiger partial charge < -0.3 is 15.2 Å². The molecule has 1 saturated heterocycles. The molecule has 0 spiro atoms. The Hall–Kier alpha value is -2.88. The molecule has 2 aromatic rings. The number of carbonyl (C=O) groups is 2. The molecule has 0 unspecified atom stereocenters. The Morgan fingerprint density at radius 2 is 2.00 bits per heavy atom. The molecule has 1 fully saturated rings. The number of amides is 1. The van der Waals surface area contributed by atoms with Gasteiger partial charge in [-0.25, -0.2) is 9.48 Å². The van der Waals surface area contributed by atoms with Gasteiger partial charge in [0.15, 0.2) is 5.69 Å². The molecular weight excluding hydrogens is 379 g/mol. The molecule has 0 radical (unpaired) electrons. The van der Waals surface area contributed by atoms with Crippen LogP contribution in [-0.4, -0.2) is 46.0 Å². The Kier molecular flexibility index (Phi) is 5.41. The van der Waals surface area contributed by atoms with Crippen LogP contribution in [-0.2, 0) is 10.9 Å². The van der Waals surface area contributed by atoms with E-state index in [9.17, 15) is 22.8 Å². The largest absolute Gasteiger partial charge is 0.478 e. The molecule has 0 aliphatic carbocycles. The summed E-state index contributed by atoms with van der Waals surface area (Å²) >= 11 is 0. The Balaban J connectivity index is 1.81. The van der Waals surface area contributed by atoms with E-state index in [0.717, 1.165) is 6.42 Å². The van der Waals surface area contributed by atoms with Gasteiger partial charge in [0, 0.05) is 24.1 Å². The number of hydrogen-bond donors (Lipinski definition) is 2. The molecule has 28 heavy (non-hydrogen) atoms. The monoisotopic (exact) mass is 397 g/mol. The van der Waals surface area contributed by atoms with Crippen molar-refractivity contribution in [3.05, 3.63) is 47.3 Å². The van der Waals surface area contributed by atoms with Crippen LogP contribution in [0.4, 0.5) is 13.2 Å². The maximum Gasteiger partial charge on any atom is 0.434 e. The second kappa shape index (κ2) is 7.63. The van der Waals surface area contributed by atoms with E-state index in [1.54, 1.807) is 0 Å². The lowest BCUT2D eigenvalue weighted by Crippen LogP contribution is -2.38. The number of carboxylic acids is 1. The van der Waals surface area contributed by atoms with Gasteiger partial charge in [0.2, 0.25) is 0 Å². The van der Waals surface area contributed by atoms with Crippen LogP contribution < -0.4 is 5.32 Å². The van der Waals surface area contributed by atoms with Crippen molar-refractivity contribution < 1.29 is 32.6 Å². The van der Waals surface area contributed by atoms with Crippen molar-refractivity contribution in [2.45, 2.75) is 25.6 Å². The number of aromatic nitrogens is 2. The predicted octanol–water partition coefficient (Wildman–Crippen LogP) is 2.74. The van der Waals surface area contributed by atoms with Crippen LogP contribution in [0.15, 0.2) is 30.5 Å². The number of nitrogens with one attached hydrogen (secondary N) is 1. The van der Waals surface area contributed by atoms with Gasteiger partial charge >= 0.3 is 12.1 Å². The molecule has 2 atom stereocenters. The molecular formula is C18H18F3N3O4. The van der Waals surface area contributed by atoms with E-state index >= 15 is 0 Å². The molecule has 1 aliphatic rings. The number of carboxylic acid groups (broad SMARTS) is 1. The zero-order chi connectivity index (χ0) is 20.5. The summed E-state index contributed by atoms with van der Waals surface area (Å²) in [6.45, 7) is 3.10. The van der Waals surface area contributed by atoms with E-state index in [-0.39, 0.29) is 29.1 Å². The van der Waals surface area contributed by atoms with Crippen LogP contribution in [0.2, 0.25) is 0 Å². The number of nitrogens with zero attached hydrogens (tertiary/aromatic N) is 2. The van der Waals surface area contributed by atoms with Crippen molar-refractivity contribution in [3.8, 4) is 5.69 Å². The first-order valence-electron chi connectivity index (χ1n) is 8.56. The summed E-state index contributed by atoms with van der Waals surface area (Å²) in [6.07, 6.45) is -3.40. The lowest BCUT2D eigenvalue weighted by atomic mass is 10.0. The minimum absolute atomic E-state index is 0.00591. The second-order valence-corrected chi connectivity index (χ2v) is 6.55. The predicted molar refractivity (Wildman–Crippen MR) is 91.4 cm³/mol. The van der Waals surface area contributed by atoms with Gasteiger partial charge in [-0.05, 0) is 37.6 Å². The van der Waals surface area contributed by atoms with Crippen LogP contribution in [0.3, 0.4) is 0 Å². The van der Waals surface area contributed by atoms with E-state index < -0.39 is 23.4 Å². The zero-order valence-corrected chi connectivity index (χ0v) is 14.9. The minimum Gasteiger partial charge on any atom is -0.478 e. The number of rotatable bonds is 5. The summed E-state index contributed by atoms with van der Waals surface area (Å²) < 4.78 is 45.7. The highest BCUT2D eigenvalue weighted by Gasteiger charge is 2.40. The standard InChI is InChI=1S/C18H18F3N3O4/c1-10(12-6-7-28-9-12)23-16(25)11-2-4-13(5-3-11)24-15(18(19,20)21)14(8-22-24)17(26)27/h2-5,8,10,12H,6-7,9H2,1H3,(H,23,25)(H,26,27)/t10-,12+/m0/s1. The molecule has 2 heterocycles. The van der Waals surface area contributed by atoms with Crippen molar-refractivity contribution >= 4 is 11.9 Å². The SMILES string of the molecule is C[C@H](NC(=O)c1ccc(-n2ncc(C(=O)O)c2C(F)(F)F)cc1)[C@@H]1CCOC1. The summed E-state index contributed by atoms with van der Waals surface area (Å²) in [5, 5.41) is 15.4. The number of aromatic carboxylic acids is 1. The third-order valence-corrected chi connectivity index (χ3v) is 4.67. The van der Waals surface area contributed by atoms with Crippen LogP contribution in [0.25, 0.3) is 5.69 Å².